The molecule has 194 valence electrons. The second-order valence-electron chi connectivity index (χ2n) is 10.3. The number of hydrogen-bond acceptors (Lipinski definition) is 7. The summed E-state index contributed by atoms with van der Waals surface area (Å²) in [6, 6.07) is 16.6. The Morgan fingerprint density at radius 3 is 2.74 bits per heavy atom. The molecule has 2 aliphatic heterocycles. The van der Waals surface area contributed by atoms with E-state index in [2.05, 4.69) is 45.5 Å². The maximum absolute atomic E-state index is 6.11. The van der Waals surface area contributed by atoms with Crippen molar-refractivity contribution in [2.24, 2.45) is 0 Å². The Morgan fingerprint density at radius 1 is 1.13 bits per heavy atom. The molecule has 2 aromatic heterocycles. The average Bonchev–Trinajstić information content (AvgIpc) is 3.68. The summed E-state index contributed by atoms with van der Waals surface area (Å²) in [6.07, 6.45) is 7.70. The van der Waals surface area contributed by atoms with Gasteiger partial charge in [0.25, 0.3) is 0 Å². The van der Waals surface area contributed by atoms with E-state index in [9.17, 15) is 0 Å². The largest absolute Gasteiger partial charge is 0.494 e. The summed E-state index contributed by atoms with van der Waals surface area (Å²) < 4.78 is 13.6. The van der Waals surface area contributed by atoms with E-state index in [0.29, 0.717) is 16.9 Å². The number of nitrogens with zero attached hydrogens (tertiary/aromatic N) is 5. The van der Waals surface area contributed by atoms with E-state index in [4.69, 9.17) is 31.0 Å². The van der Waals surface area contributed by atoms with Crippen molar-refractivity contribution in [1.82, 2.24) is 19.5 Å². The van der Waals surface area contributed by atoms with E-state index in [1.807, 2.05) is 22.8 Å². The van der Waals surface area contributed by atoms with Gasteiger partial charge in [0.15, 0.2) is 0 Å². The van der Waals surface area contributed by atoms with Crippen molar-refractivity contribution in [2.75, 3.05) is 37.0 Å². The van der Waals surface area contributed by atoms with Gasteiger partial charge in [-0.15, -0.1) is 0 Å². The Kier molecular flexibility index (Phi) is 5.74. The van der Waals surface area contributed by atoms with E-state index in [-0.39, 0.29) is 11.5 Å². The summed E-state index contributed by atoms with van der Waals surface area (Å²) in [5.41, 5.74) is 5.38. The molecule has 1 aliphatic carbocycles. The number of fused-ring (bicyclic) bond motifs is 1. The minimum absolute atomic E-state index is 0.00226. The van der Waals surface area contributed by atoms with E-state index < -0.39 is 0 Å². The van der Waals surface area contributed by atoms with Gasteiger partial charge in [0.05, 0.1) is 31.6 Å². The Hall–Kier alpha value is -3.62. The molecule has 4 heterocycles. The maximum atomic E-state index is 6.11. The van der Waals surface area contributed by atoms with Crippen molar-refractivity contribution in [1.29, 1.82) is 0 Å². The Labute approximate surface area is 226 Å². The Morgan fingerprint density at radius 2 is 2.00 bits per heavy atom. The van der Waals surface area contributed by atoms with Gasteiger partial charge in [-0.2, -0.15) is 4.98 Å². The van der Waals surface area contributed by atoms with E-state index in [0.717, 1.165) is 68.3 Å². The molecule has 1 N–H and O–H groups in total. The van der Waals surface area contributed by atoms with Gasteiger partial charge in [-0.05, 0) is 43.4 Å². The minimum atomic E-state index is 0.00226. The zero-order chi connectivity index (χ0) is 25.7. The quantitative estimate of drug-likeness (QED) is 0.353. The fraction of sp³-hybridized carbons (Fsp3) is 0.345. The molecule has 2 fully saturated rings. The third-order valence-corrected chi connectivity index (χ3v) is 8.14. The first-order valence-electron chi connectivity index (χ1n) is 13.1. The first kappa shape index (κ1) is 23.5. The number of benzene rings is 2. The fourth-order valence-electron chi connectivity index (χ4n) is 6.10. The molecule has 2 saturated heterocycles. The van der Waals surface area contributed by atoms with E-state index in [1.54, 1.807) is 19.6 Å². The zero-order valence-corrected chi connectivity index (χ0v) is 22.0. The normalized spacial score (nSPS) is 19.4. The highest BCUT2D eigenvalue weighted by Crippen LogP contribution is 2.45. The number of aromatic nitrogens is 4. The van der Waals surface area contributed by atoms with E-state index in [1.165, 1.54) is 11.1 Å². The third-order valence-electron chi connectivity index (χ3n) is 7.94. The van der Waals surface area contributed by atoms with Crippen LogP contribution >= 0.6 is 11.6 Å². The number of ether oxygens (including phenoxy) is 2. The van der Waals surface area contributed by atoms with Gasteiger partial charge in [0.1, 0.15) is 28.6 Å². The van der Waals surface area contributed by atoms with Crippen molar-refractivity contribution >= 4 is 29.1 Å². The lowest BCUT2D eigenvalue weighted by molar-refractivity contribution is -0.0184. The molecule has 1 unspecified atom stereocenters. The van der Waals surface area contributed by atoms with Gasteiger partial charge in [0.2, 0.25) is 5.95 Å². The summed E-state index contributed by atoms with van der Waals surface area (Å²) >= 11 is 6.03. The Bertz CT molecular complexity index is 1480. The van der Waals surface area contributed by atoms with E-state index >= 15 is 0 Å². The predicted octanol–water partition coefficient (Wildman–Crippen LogP) is 5.52. The number of nitrogens with one attached hydrogen (secondary N) is 1. The number of imidazole rings is 1. The van der Waals surface area contributed by atoms with Crippen molar-refractivity contribution in [3.8, 4) is 11.4 Å². The number of hydrogen-bond donors (Lipinski definition) is 1. The summed E-state index contributed by atoms with van der Waals surface area (Å²) in [7, 11) is 1.65. The molecule has 0 saturated carbocycles. The molecule has 38 heavy (non-hydrogen) atoms. The lowest BCUT2D eigenvalue weighted by Crippen LogP contribution is -2.62. The molecule has 1 atom stereocenters. The summed E-state index contributed by atoms with van der Waals surface area (Å²) in [5.74, 6) is 2.58. The molecule has 3 aliphatic rings. The highest BCUT2D eigenvalue weighted by atomic mass is 35.5. The van der Waals surface area contributed by atoms with Crippen LogP contribution in [0.3, 0.4) is 0 Å². The van der Waals surface area contributed by atoms with Gasteiger partial charge >= 0.3 is 0 Å². The average molecular weight is 529 g/mol. The molecule has 8 nitrogen and oxygen atoms in total. The second-order valence-corrected chi connectivity index (χ2v) is 10.7. The van der Waals surface area contributed by atoms with Gasteiger partial charge in [0, 0.05) is 36.0 Å². The minimum Gasteiger partial charge on any atom is -0.494 e. The van der Waals surface area contributed by atoms with Crippen LogP contribution in [-0.2, 0) is 11.2 Å². The molecular weight excluding hydrogens is 500 g/mol. The standard InChI is InChI=1S/C29H29ClN6O2/c1-37-24-14-20(8-11-23(24)35-15-25(30)31-18-35)32-28-33-26-21(19-6-3-2-4-7-19)9-10-22(26)27(34-28)36-16-29(17-36)12-5-13-38-29/h2-4,6-8,11,14-15,18,21H,5,9-10,12-13,16-17H2,1H3,(H,32,33,34). The first-order valence-corrected chi connectivity index (χ1v) is 13.5. The van der Waals surface area contributed by atoms with Crippen LogP contribution in [-0.4, -0.2) is 51.9 Å². The molecule has 4 aromatic rings. The number of halogens is 1. The summed E-state index contributed by atoms with van der Waals surface area (Å²) in [5, 5.41) is 3.89. The first-order chi connectivity index (χ1) is 18.6. The van der Waals surface area contributed by atoms with Crippen LogP contribution in [0.2, 0.25) is 5.15 Å². The molecule has 9 heteroatoms. The summed E-state index contributed by atoms with van der Waals surface area (Å²) in [6.45, 7) is 2.64. The lowest BCUT2D eigenvalue weighted by atomic mass is 9.90. The van der Waals surface area contributed by atoms with Crippen molar-refractivity contribution in [3.63, 3.8) is 0 Å². The van der Waals surface area contributed by atoms with Crippen LogP contribution in [0, 0.1) is 0 Å². The molecule has 2 aromatic carbocycles. The highest BCUT2D eigenvalue weighted by molar-refractivity contribution is 6.29. The lowest BCUT2D eigenvalue weighted by Gasteiger charge is -2.48. The zero-order valence-electron chi connectivity index (χ0n) is 21.2. The van der Waals surface area contributed by atoms with Crippen molar-refractivity contribution in [2.45, 2.75) is 37.2 Å². The topological polar surface area (TPSA) is 77.3 Å². The SMILES string of the molecule is COc1cc(Nc2nc3c(c(N4CC5(CCCO5)C4)n2)CCC3c2ccccc2)ccc1-n1cnc(Cl)c1. The number of methoxy groups -OCH3 is 1. The number of anilines is 3. The highest BCUT2D eigenvalue weighted by Gasteiger charge is 2.48. The van der Waals surface area contributed by atoms with Crippen LogP contribution in [0.4, 0.5) is 17.5 Å². The van der Waals surface area contributed by atoms with Crippen LogP contribution < -0.4 is 15.0 Å². The molecule has 0 amide bonds. The summed E-state index contributed by atoms with van der Waals surface area (Å²) in [4.78, 5) is 16.6. The van der Waals surface area contributed by atoms with Gasteiger partial charge in [-0.3, -0.25) is 0 Å². The smallest absolute Gasteiger partial charge is 0.229 e. The fourth-order valence-corrected chi connectivity index (χ4v) is 6.25. The van der Waals surface area contributed by atoms with Gasteiger partial charge in [-0.25, -0.2) is 9.97 Å². The van der Waals surface area contributed by atoms with Gasteiger partial charge < -0.3 is 24.3 Å². The van der Waals surface area contributed by atoms with Crippen LogP contribution in [0.25, 0.3) is 5.69 Å². The van der Waals surface area contributed by atoms with Crippen LogP contribution in [0.5, 0.6) is 5.75 Å². The van der Waals surface area contributed by atoms with Crippen LogP contribution in [0.15, 0.2) is 61.1 Å². The van der Waals surface area contributed by atoms with Crippen molar-refractivity contribution < 1.29 is 9.47 Å². The predicted molar refractivity (Wildman–Crippen MR) is 147 cm³/mol. The van der Waals surface area contributed by atoms with Crippen molar-refractivity contribution in [3.05, 3.63) is 83.0 Å². The number of rotatable bonds is 6. The second kappa shape index (κ2) is 9.29. The Balaban J connectivity index is 1.24. The molecule has 7 rings (SSSR count). The molecule has 0 bridgehead atoms. The third kappa shape index (κ3) is 4.08. The molecule has 0 radical (unpaired) electrons. The maximum Gasteiger partial charge on any atom is 0.229 e. The molecular formula is C29H29ClN6O2. The molecule has 1 spiro atoms. The monoisotopic (exact) mass is 528 g/mol. The van der Waals surface area contributed by atoms with Gasteiger partial charge in [-0.1, -0.05) is 41.9 Å². The van der Waals surface area contributed by atoms with Crippen LogP contribution in [0.1, 0.15) is 42.0 Å².